The molecule has 0 aliphatic heterocycles. The Morgan fingerprint density at radius 2 is 1.67 bits per heavy atom. The highest BCUT2D eigenvalue weighted by molar-refractivity contribution is 5.32. The van der Waals surface area contributed by atoms with E-state index in [4.69, 9.17) is 19.5 Å². The van der Waals surface area contributed by atoms with Gasteiger partial charge in [0.25, 0.3) is 0 Å². The minimum Gasteiger partial charge on any atom is -0.382 e. The van der Waals surface area contributed by atoms with Crippen LogP contribution >= 0.6 is 0 Å². The van der Waals surface area contributed by atoms with Crippen molar-refractivity contribution in [1.29, 1.82) is 5.26 Å². The van der Waals surface area contributed by atoms with E-state index in [9.17, 15) is 0 Å². The van der Waals surface area contributed by atoms with E-state index >= 15 is 0 Å². The fourth-order valence-electron chi connectivity index (χ4n) is 1.78. The van der Waals surface area contributed by atoms with Gasteiger partial charge < -0.3 is 19.5 Å². The molecule has 0 aromatic heterocycles. The Balaban J connectivity index is 2.05. The number of hydrogen-bond donors (Lipinski definition) is 1. The first-order chi connectivity index (χ1) is 10.3. The second-order valence-corrected chi connectivity index (χ2v) is 4.63. The Bertz CT molecular complexity index is 415. The van der Waals surface area contributed by atoms with Crippen LogP contribution in [0, 0.1) is 11.3 Å². The number of ether oxygens (including phenoxy) is 3. The van der Waals surface area contributed by atoms with Crippen molar-refractivity contribution in [2.75, 3.05) is 46.7 Å². The molecule has 1 unspecified atom stereocenters. The Labute approximate surface area is 126 Å². The summed E-state index contributed by atoms with van der Waals surface area (Å²) in [5.74, 6) is 0. The molecular formula is C16H24N2O3. The van der Waals surface area contributed by atoms with Gasteiger partial charge >= 0.3 is 0 Å². The van der Waals surface area contributed by atoms with E-state index in [1.807, 2.05) is 24.3 Å². The highest BCUT2D eigenvalue weighted by atomic mass is 16.5. The quantitative estimate of drug-likeness (QED) is 0.631. The lowest BCUT2D eigenvalue weighted by Gasteiger charge is -2.14. The van der Waals surface area contributed by atoms with Crippen LogP contribution in [0.15, 0.2) is 24.3 Å². The highest BCUT2D eigenvalue weighted by Crippen LogP contribution is 2.12. The molecule has 1 N–H and O–H groups in total. The Hall–Kier alpha value is -1.45. The Morgan fingerprint density at radius 3 is 2.29 bits per heavy atom. The van der Waals surface area contributed by atoms with E-state index in [2.05, 4.69) is 18.3 Å². The van der Waals surface area contributed by atoms with Crippen LogP contribution in [-0.4, -0.2) is 46.7 Å². The molecule has 0 saturated heterocycles. The first kappa shape index (κ1) is 17.6. The summed E-state index contributed by atoms with van der Waals surface area (Å²) in [4.78, 5) is 0. The number of benzene rings is 1. The van der Waals surface area contributed by atoms with Crippen molar-refractivity contribution >= 4 is 0 Å². The molecule has 1 atom stereocenters. The molecule has 5 heteroatoms. The standard InChI is InChI=1S/C16H24N2O3/c1-14(16-5-3-15(13-17)4-6-16)18-7-8-20-11-12-21-10-9-19-2/h3-6,14,18H,7-12H2,1-2H3. The van der Waals surface area contributed by atoms with Crippen LogP contribution in [0.5, 0.6) is 0 Å². The van der Waals surface area contributed by atoms with Crippen molar-refractivity contribution in [1.82, 2.24) is 5.32 Å². The zero-order chi connectivity index (χ0) is 15.3. The highest BCUT2D eigenvalue weighted by Gasteiger charge is 2.04. The van der Waals surface area contributed by atoms with E-state index < -0.39 is 0 Å². The van der Waals surface area contributed by atoms with E-state index in [1.165, 1.54) is 0 Å². The van der Waals surface area contributed by atoms with E-state index in [0.717, 1.165) is 12.1 Å². The molecule has 0 spiro atoms. The zero-order valence-corrected chi connectivity index (χ0v) is 12.8. The van der Waals surface area contributed by atoms with Crippen molar-refractivity contribution in [3.05, 3.63) is 35.4 Å². The molecular weight excluding hydrogens is 268 g/mol. The number of rotatable bonds is 11. The molecule has 0 bridgehead atoms. The minimum atomic E-state index is 0.235. The lowest BCUT2D eigenvalue weighted by atomic mass is 10.1. The molecule has 5 nitrogen and oxygen atoms in total. The third-order valence-corrected chi connectivity index (χ3v) is 3.04. The fourth-order valence-corrected chi connectivity index (χ4v) is 1.78. The van der Waals surface area contributed by atoms with E-state index in [0.29, 0.717) is 38.6 Å². The van der Waals surface area contributed by atoms with Gasteiger partial charge in [-0.05, 0) is 24.6 Å². The number of nitriles is 1. The molecule has 0 aliphatic carbocycles. The molecule has 0 heterocycles. The van der Waals surface area contributed by atoms with Crippen molar-refractivity contribution < 1.29 is 14.2 Å². The van der Waals surface area contributed by atoms with Gasteiger partial charge in [0, 0.05) is 19.7 Å². The van der Waals surface area contributed by atoms with E-state index in [-0.39, 0.29) is 6.04 Å². The maximum absolute atomic E-state index is 8.76. The van der Waals surface area contributed by atoms with Crippen LogP contribution in [0.25, 0.3) is 0 Å². The SMILES string of the molecule is COCCOCCOCCNC(C)c1ccc(C#N)cc1. The summed E-state index contributed by atoms with van der Waals surface area (Å²) in [7, 11) is 1.65. The van der Waals surface area contributed by atoms with Gasteiger partial charge in [-0.1, -0.05) is 12.1 Å². The first-order valence-electron chi connectivity index (χ1n) is 7.15. The van der Waals surface area contributed by atoms with Crippen molar-refractivity contribution in [2.45, 2.75) is 13.0 Å². The van der Waals surface area contributed by atoms with Gasteiger partial charge in [-0.25, -0.2) is 0 Å². The predicted molar refractivity (Wildman–Crippen MR) is 81.1 cm³/mol. The van der Waals surface area contributed by atoms with Gasteiger partial charge in [-0.2, -0.15) is 5.26 Å². The maximum atomic E-state index is 8.76. The van der Waals surface area contributed by atoms with Crippen LogP contribution in [0.2, 0.25) is 0 Å². The summed E-state index contributed by atoms with van der Waals surface area (Å²) in [6, 6.07) is 9.97. The van der Waals surface area contributed by atoms with Crippen LogP contribution in [0.1, 0.15) is 24.1 Å². The van der Waals surface area contributed by atoms with Crippen molar-refractivity contribution in [3.63, 3.8) is 0 Å². The van der Waals surface area contributed by atoms with Crippen LogP contribution < -0.4 is 5.32 Å². The Kier molecular flexibility index (Phi) is 9.42. The lowest BCUT2D eigenvalue weighted by Crippen LogP contribution is -2.24. The van der Waals surface area contributed by atoms with Crippen LogP contribution in [0.4, 0.5) is 0 Å². The molecule has 0 amide bonds. The van der Waals surface area contributed by atoms with Gasteiger partial charge in [-0.3, -0.25) is 0 Å². The molecule has 0 fully saturated rings. The fraction of sp³-hybridized carbons (Fsp3) is 0.562. The molecule has 0 radical (unpaired) electrons. The molecule has 0 saturated carbocycles. The van der Waals surface area contributed by atoms with Crippen LogP contribution in [0.3, 0.4) is 0 Å². The molecule has 0 aliphatic rings. The molecule has 21 heavy (non-hydrogen) atoms. The van der Waals surface area contributed by atoms with Crippen molar-refractivity contribution in [3.8, 4) is 6.07 Å². The summed E-state index contributed by atoms with van der Waals surface area (Å²) < 4.78 is 15.6. The smallest absolute Gasteiger partial charge is 0.0991 e. The largest absolute Gasteiger partial charge is 0.382 e. The summed E-state index contributed by atoms with van der Waals surface area (Å²) in [5.41, 5.74) is 1.85. The molecule has 1 aromatic carbocycles. The van der Waals surface area contributed by atoms with Gasteiger partial charge in [0.2, 0.25) is 0 Å². The number of hydrogen-bond acceptors (Lipinski definition) is 5. The Morgan fingerprint density at radius 1 is 1.05 bits per heavy atom. The average molecular weight is 292 g/mol. The van der Waals surface area contributed by atoms with Crippen molar-refractivity contribution in [2.24, 2.45) is 0 Å². The van der Waals surface area contributed by atoms with Gasteiger partial charge in [0.15, 0.2) is 0 Å². The lowest BCUT2D eigenvalue weighted by molar-refractivity contribution is 0.0253. The average Bonchev–Trinajstić information content (AvgIpc) is 2.53. The van der Waals surface area contributed by atoms with E-state index in [1.54, 1.807) is 7.11 Å². The third-order valence-electron chi connectivity index (χ3n) is 3.04. The zero-order valence-electron chi connectivity index (χ0n) is 12.8. The monoisotopic (exact) mass is 292 g/mol. The van der Waals surface area contributed by atoms with Gasteiger partial charge in [0.1, 0.15) is 0 Å². The van der Waals surface area contributed by atoms with Gasteiger partial charge in [-0.15, -0.1) is 0 Å². The van der Waals surface area contributed by atoms with Gasteiger partial charge in [0.05, 0.1) is 44.7 Å². The second-order valence-electron chi connectivity index (χ2n) is 4.63. The number of methoxy groups -OCH3 is 1. The second kappa shape index (κ2) is 11.2. The maximum Gasteiger partial charge on any atom is 0.0991 e. The topological polar surface area (TPSA) is 63.5 Å². The molecule has 1 aromatic rings. The number of nitrogens with zero attached hydrogens (tertiary/aromatic N) is 1. The summed E-state index contributed by atoms with van der Waals surface area (Å²) in [6.07, 6.45) is 0. The third kappa shape index (κ3) is 7.78. The normalized spacial score (nSPS) is 12.0. The first-order valence-corrected chi connectivity index (χ1v) is 7.15. The van der Waals surface area contributed by atoms with Crippen LogP contribution in [-0.2, 0) is 14.2 Å². The molecule has 116 valence electrons. The summed E-state index contributed by atoms with van der Waals surface area (Å²) >= 11 is 0. The summed E-state index contributed by atoms with van der Waals surface area (Å²) in [5, 5.41) is 12.1. The summed E-state index contributed by atoms with van der Waals surface area (Å²) in [6.45, 7) is 5.92. The number of nitrogens with one attached hydrogen (secondary N) is 1. The molecule has 1 rings (SSSR count). The predicted octanol–water partition coefficient (Wildman–Crippen LogP) is 1.89. The minimum absolute atomic E-state index is 0.235.